The zero-order chi connectivity index (χ0) is 16.5. The second-order valence-electron chi connectivity index (χ2n) is 4.26. The molecule has 0 amide bonds. The van der Waals surface area contributed by atoms with Crippen molar-refractivity contribution in [3.05, 3.63) is 46.4 Å². The maximum absolute atomic E-state index is 12.9. The maximum Gasteiger partial charge on any atom is 0.433 e. The SMILES string of the molecule is COc1cc(C(F)(F)F)nc(C(Cl)c2cccc(Cl)c2N)n1. The molecule has 0 fully saturated rings. The normalized spacial score (nSPS) is 13.0. The summed E-state index contributed by atoms with van der Waals surface area (Å²) in [7, 11) is 1.20. The van der Waals surface area contributed by atoms with Gasteiger partial charge in [0.2, 0.25) is 5.88 Å². The summed E-state index contributed by atoms with van der Waals surface area (Å²) in [4.78, 5) is 7.30. The molecule has 0 aliphatic carbocycles. The lowest BCUT2D eigenvalue weighted by molar-refractivity contribution is -0.141. The molecular weight excluding hydrogens is 342 g/mol. The molecule has 0 radical (unpaired) electrons. The number of rotatable bonds is 3. The number of nitrogens with zero attached hydrogens (tertiary/aromatic N) is 2. The van der Waals surface area contributed by atoms with Gasteiger partial charge in [0, 0.05) is 11.6 Å². The summed E-state index contributed by atoms with van der Waals surface area (Å²) in [5.74, 6) is -0.522. The molecule has 2 aromatic rings. The summed E-state index contributed by atoms with van der Waals surface area (Å²) in [6.45, 7) is 0. The molecule has 4 nitrogen and oxygen atoms in total. The second-order valence-corrected chi connectivity index (χ2v) is 5.10. The van der Waals surface area contributed by atoms with Crippen molar-refractivity contribution < 1.29 is 17.9 Å². The number of nitrogens with two attached hydrogens (primary N) is 1. The van der Waals surface area contributed by atoms with E-state index < -0.39 is 17.2 Å². The third-order valence-corrected chi connectivity index (χ3v) is 3.57. The molecule has 0 spiro atoms. The predicted octanol–water partition coefficient (Wildman–Crippen LogP) is 4.07. The van der Waals surface area contributed by atoms with E-state index in [0.29, 0.717) is 11.6 Å². The number of para-hydroxylation sites is 1. The van der Waals surface area contributed by atoms with Crippen molar-refractivity contribution in [1.82, 2.24) is 9.97 Å². The monoisotopic (exact) mass is 351 g/mol. The van der Waals surface area contributed by atoms with Crippen LogP contribution in [0.3, 0.4) is 0 Å². The Morgan fingerprint density at radius 3 is 2.55 bits per heavy atom. The summed E-state index contributed by atoms with van der Waals surface area (Å²) in [6.07, 6.45) is -4.65. The topological polar surface area (TPSA) is 61.0 Å². The van der Waals surface area contributed by atoms with Crippen LogP contribution in [0.25, 0.3) is 0 Å². The minimum atomic E-state index is -4.65. The van der Waals surface area contributed by atoms with E-state index in [0.717, 1.165) is 0 Å². The summed E-state index contributed by atoms with van der Waals surface area (Å²) in [5.41, 5.74) is 5.11. The Morgan fingerprint density at radius 1 is 1.27 bits per heavy atom. The molecule has 9 heteroatoms. The lowest BCUT2D eigenvalue weighted by atomic mass is 10.1. The van der Waals surface area contributed by atoms with Crippen molar-refractivity contribution in [2.45, 2.75) is 11.6 Å². The van der Waals surface area contributed by atoms with E-state index in [2.05, 4.69) is 9.97 Å². The highest BCUT2D eigenvalue weighted by Crippen LogP contribution is 2.36. The van der Waals surface area contributed by atoms with Crippen molar-refractivity contribution in [3.63, 3.8) is 0 Å². The van der Waals surface area contributed by atoms with E-state index in [4.69, 9.17) is 33.7 Å². The maximum atomic E-state index is 12.9. The van der Waals surface area contributed by atoms with Gasteiger partial charge in [0.1, 0.15) is 5.38 Å². The van der Waals surface area contributed by atoms with Crippen LogP contribution < -0.4 is 10.5 Å². The quantitative estimate of drug-likeness (QED) is 0.668. The number of methoxy groups -OCH3 is 1. The number of benzene rings is 1. The van der Waals surface area contributed by atoms with Crippen molar-refractivity contribution in [3.8, 4) is 5.88 Å². The van der Waals surface area contributed by atoms with Gasteiger partial charge in [-0.15, -0.1) is 11.6 Å². The van der Waals surface area contributed by atoms with Gasteiger partial charge in [-0.05, 0) is 6.07 Å². The first-order valence-electron chi connectivity index (χ1n) is 5.92. The third-order valence-electron chi connectivity index (χ3n) is 2.81. The molecule has 2 N–H and O–H groups in total. The van der Waals surface area contributed by atoms with E-state index in [9.17, 15) is 13.2 Å². The molecule has 1 aromatic carbocycles. The second kappa shape index (κ2) is 6.18. The molecule has 0 saturated heterocycles. The number of ether oxygens (including phenoxy) is 1. The number of alkyl halides is 4. The van der Waals surface area contributed by atoms with Crippen molar-refractivity contribution in [1.29, 1.82) is 0 Å². The first-order valence-corrected chi connectivity index (χ1v) is 6.73. The molecular formula is C13H10Cl2F3N3O. The van der Waals surface area contributed by atoms with Crippen LogP contribution in [0.15, 0.2) is 24.3 Å². The Hall–Kier alpha value is -1.73. The van der Waals surface area contributed by atoms with Crippen molar-refractivity contribution in [2.24, 2.45) is 0 Å². The summed E-state index contributed by atoms with van der Waals surface area (Å²) in [5, 5.41) is -0.864. The molecule has 1 unspecified atom stereocenters. The first-order chi connectivity index (χ1) is 10.2. The van der Waals surface area contributed by atoms with Crippen molar-refractivity contribution >= 4 is 28.9 Å². The van der Waals surface area contributed by atoms with Gasteiger partial charge in [-0.3, -0.25) is 0 Å². The fourth-order valence-electron chi connectivity index (χ4n) is 1.72. The number of nitrogen functional groups attached to an aromatic ring is 1. The Labute approximate surface area is 134 Å². The Morgan fingerprint density at radius 2 is 1.95 bits per heavy atom. The van der Waals surface area contributed by atoms with Crippen LogP contribution in [0, 0.1) is 0 Å². The Kier molecular flexibility index (Phi) is 4.67. The number of hydrogen-bond donors (Lipinski definition) is 1. The van der Waals surface area contributed by atoms with E-state index >= 15 is 0 Å². The molecule has 22 heavy (non-hydrogen) atoms. The number of anilines is 1. The molecule has 118 valence electrons. The highest BCUT2D eigenvalue weighted by molar-refractivity contribution is 6.33. The number of hydrogen-bond acceptors (Lipinski definition) is 4. The van der Waals surface area contributed by atoms with Crippen molar-refractivity contribution in [2.75, 3.05) is 12.8 Å². The van der Waals surface area contributed by atoms with E-state index in [1.54, 1.807) is 6.07 Å². The van der Waals surface area contributed by atoms with Crippen LogP contribution in [-0.2, 0) is 6.18 Å². The lowest BCUT2D eigenvalue weighted by Crippen LogP contribution is -2.13. The van der Waals surface area contributed by atoms with Gasteiger partial charge in [-0.25, -0.2) is 4.98 Å². The third kappa shape index (κ3) is 3.36. The smallest absolute Gasteiger partial charge is 0.433 e. The highest BCUT2D eigenvalue weighted by atomic mass is 35.5. The van der Waals surface area contributed by atoms with Crippen LogP contribution in [0.2, 0.25) is 5.02 Å². The molecule has 0 saturated carbocycles. The zero-order valence-electron chi connectivity index (χ0n) is 11.2. The van der Waals surface area contributed by atoms with Crippen LogP contribution >= 0.6 is 23.2 Å². The van der Waals surface area contributed by atoms with Gasteiger partial charge in [-0.1, -0.05) is 23.7 Å². The molecule has 0 aliphatic rings. The average Bonchev–Trinajstić information content (AvgIpc) is 2.48. The minimum Gasteiger partial charge on any atom is -0.481 e. The van der Waals surface area contributed by atoms with Gasteiger partial charge >= 0.3 is 6.18 Å². The lowest BCUT2D eigenvalue weighted by Gasteiger charge is -2.15. The summed E-state index contributed by atoms with van der Waals surface area (Å²) >= 11 is 12.1. The van der Waals surface area contributed by atoms with E-state index in [-0.39, 0.29) is 22.4 Å². The fraction of sp³-hybridized carbons (Fsp3) is 0.231. The largest absolute Gasteiger partial charge is 0.481 e. The Bertz CT molecular complexity index is 695. The van der Waals surface area contributed by atoms with Gasteiger partial charge in [0.25, 0.3) is 0 Å². The first kappa shape index (κ1) is 16.6. The molecule has 1 heterocycles. The summed E-state index contributed by atoms with van der Waals surface area (Å²) < 4.78 is 43.3. The standard InChI is InChI=1S/C13H10Cl2F3N3O/c1-22-9-5-8(13(16,17)18)20-12(21-9)10(15)6-3-2-4-7(14)11(6)19/h2-5,10H,19H2,1H3. The summed E-state index contributed by atoms with van der Waals surface area (Å²) in [6, 6.07) is 5.34. The van der Waals surface area contributed by atoms with Gasteiger partial charge in [0.15, 0.2) is 11.5 Å². The highest BCUT2D eigenvalue weighted by Gasteiger charge is 2.35. The predicted molar refractivity (Wildman–Crippen MR) is 77.1 cm³/mol. The van der Waals surface area contributed by atoms with Gasteiger partial charge in [0.05, 0.1) is 17.8 Å². The fourth-order valence-corrected chi connectivity index (χ4v) is 2.19. The molecule has 2 rings (SSSR count). The van der Waals surface area contributed by atoms with E-state index in [1.165, 1.54) is 19.2 Å². The molecule has 0 aliphatic heterocycles. The minimum absolute atomic E-state index is 0.157. The van der Waals surface area contributed by atoms with Crippen LogP contribution in [0.5, 0.6) is 5.88 Å². The van der Waals surface area contributed by atoms with Crippen LogP contribution in [0.1, 0.15) is 22.5 Å². The van der Waals surface area contributed by atoms with Gasteiger partial charge in [-0.2, -0.15) is 18.2 Å². The van der Waals surface area contributed by atoms with Crippen LogP contribution in [0.4, 0.5) is 18.9 Å². The molecule has 0 bridgehead atoms. The Balaban J connectivity index is 2.53. The number of aromatic nitrogens is 2. The number of halogens is 5. The average molecular weight is 352 g/mol. The molecule has 1 atom stereocenters. The molecule has 1 aromatic heterocycles. The van der Waals surface area contributed by atoms with Crippen LogP contribution in [-0.4, -0.2) is 17.1 Å². The zero-order valence-corrected chi connectivity index (χ0v) is 12.7. The van der Waals surface area contributed by atoms with Gasteiger partial charge < -0.3 is 10.5 Å². The van der Waals surface area contributed by atoms with E-state index in [1.807, 2.05) is 0 Å².